The van der Waals surface area contributed by atoms with Gasteiger partial charge in [-0.3, -0.25) is 0 Å². The minimum absolute atomic E-state index is 0.0173. The van der Waals surface area contributed by atoms with Gasteiger partial charge < -0.3 is 4.74 Å². The van der Waals surface area contributed by atoms with E-state index >= 15 is 0 Å². The van der Waals surface area contributed by atoms with Crippen molar-refractivity contribution in [2.24, 2.45) is 0 Å². The molecule has 0 unspecified atom stereocenters. The molecule has 0 aliphatic carbocycles. The Bertz CT molecular complexity index is 700. The number of methoxy groups -OCH3 is 1. The topological polar surface area (TPSA) is 9.23 Å². The fourth-order valence-corrected chi connectivity index (χ4v) is 1.56. The van der Waals surface area contributed by atoms with Crippen LogP contribution in [0.4, 0.5) is 0 Å². The normalized spacial score (nSPS) is 16.8. The summed E-state index contributed by atoms with van der Waals surface area (Å²) in [6, 6.07) is -1.86. The largest absolute Gasteiger partial charge is 0.496 e. The van der Waals surface area contributed by atoms with Crippen molar-refractivity contribution in [3.8, 4) is 5.75 Å². The van der Waals surface area contributed by atoms with Crippen molar-refractivity contribution in [2.45, 2.75) is 0 Å². The Morgan fingerprint density at radius 3 is 2.77 bits per heavy atom. The van der Waals surface area contributed by atoms with Crippen LogP contribution in [-0.4, -0.2) is 7.11 Å². The minimum atomic E-state index is -0.414. The maximum absolute atomic E-state index is 7.90. The average molecular weight is 243 g/mol. The first-order valence-electron chi connectivity index (χ1n) is 6.55. The molecular weight excluding hydrogens is 228 g/mol. The van der Waals surface area contributed by atoms with E-state index in [1.165, 1.54) is 7.11 Å². The van der Waals surface area contributed by atoms with Crippen molar-refractivity contribution < 1.29 is 13.0 Å². The van der Waals surface area contributed by atoms with Gasteiger partial charge >= 0.3 is 0 Å². The van der Waals surface area contributed by atoms with Crippen molar-refractivity contribution in [3.05, 3.63) is 40.7 Å². The number of ether oxygens (including phenoxy) is 1. The van der Waals surface area contributed by atoms with Crippen LogP contribution >= 0.6 is 15.9 Å². The molecule has 2 heteroatoms. The third kappa shape index (κ3) is 1.42. The number of hydrogen-bond donors (Lipinski definition) is 0. The summed E-state index contributed by atoms with van der Waals surface area (Å²) in [5.41, 5.74) is 0. The van der Waals surface area contributed by atoms with Gasteiger partial charge in [-0.2, -0.15) is 0 Å². The third-order valence-corrected chi connectivity index (χ3v) is 2.37. The first-order chi connectivity index (χ1) is 8.82. The molecule has 0 fully saturated rings. The van der Waals surface area contributed by atoms with Crippen LogP contribution < -0.4 is 4.74 Å². The fourth-order valence-electron chi connectivity index (χ4n) is 0.999. The van der Waals surface area contributed by atoms with Gasteiger partial charge in [0, 0.05) is 0 Å². The molecule has 13 heavy (non-hydrogen) atoms. The molecule has 0 radical (unpaired) electrons. The highest BCUT2D eigenvalue weighted by atomic mass is 79.9. The lowest BCUT2D eigenvalue weighted by Crippen LogP contribution is -1.84. The van der Waals surface area contributed by atoms with Gasteiger partial charge in [0.1, 0.15) is 5.75 Å². The van der Waals surface area contributed by atoms with Gasteiger partial charge in [-0.25, -0.2) is 0 Å². The van der Waals surface area contributed by atoms with Crippen LogP contribution in [0, 0.1) is 0 Å². The van der Waals surface area contributed by atoms with E-state index in [1.807, 2.05) is 0 Å². The second-order valence-electron chi connectivity index (χ2n) is 2.35. The lowest BCUT2D eigenvalue weighted by Gasteiger charge is -2.05. The predicted octanol–water partition coefficient (Wildman–Crippen LogP) is 3.61. The summed E-state index contributed by atoms with van der Waals surface area (Å²) in [5, 5.41) is 0.174. The Labute approximate surface area is 93.9 Å². The van der Waals surface area contributed by atoms with Crippen LogP contribution in [0.3, 0.4) is 0 Å². The summed E-state index contributed by atoms with van der Waals surface area (Å²) in [5.74, 6) is 0.0857. The van der Waals surface area contributed by atoms with Crippen molar-refractivity contribution in [2.75, 3.05) is 7.11 Å². The molecule has 0 aromatic heterocycles. The summed E-state index contributed by atoms with van der Waals surface area (Å²) in [6.45, 7) is 0. The maximum atomic E-state index is 7.90. The number of hydrogen-bond acceptors (Lipinski definition) is 1. The number of rotatable bonds is 1. The van der Waals surface area contributed by atoms with Crippen LogP contribution in [0.5, 0.6) is 5.75 Å². The summed E-state index contributed by atoms with van der Waals surface area (Å²) in [4.78, 5) is 0. The highest BCUT2D eigenvalue weighted by molar-refractivity contribution is 9.10. The van der Waals surface area contributed by atoms with Gasteiger partial charge in [-0.15, -0.1) is 0 Å². The molecule has 0 atom stereocenters. The Morgan fingerprint density at radius 2 is 2.00 bits per heavy atom. The molecule has 0 spiro atoms. The van der Waals surface area contributed by atoms with Crippen molar-refractivity contribution in [1.82, 2.24) is 0 Å². The van der Waals surface area contributed by atoms with Crippen molar-refractivity contribution in [3.63, 3.8) is 0 Å². The van der Waals surface area contributed by atoms with Gasteiger partial charge in [-0.05, 0) is 32.7 Å². The maximum Gasteiger partial charge on any atom is 0.133 e. The standard InChI is InChI=1S/C11H9BrO/c1-13-10-7-6-8-4-2-3-5-9(8)11(10)12/h2-7H,1H3/i2D,3D,4D,5D,6D,7D. The van der Waals surface area contributed by atoms with E-state index in [2.05, 4.69) is 15.9 Å². The van der Waals surface area contributed by atoms with E-state index in [9.17, 15) is 0 Å². The predicted molar refractivity (Wildman–Crippen MR) is 58.2 cm³/mol. The van der Waals surface area contributed by atoms with Crippen LogP contribution in [0.15, 0.2) is 40.7 Å². The molecule has 2 rings (SSSR count). The molecule has 0 amide bonds. The van der Waals surface area contributed by atoms with Crippen LogP contribution in [0.2, 0.25) is 0 Å². The van der Waals surface area contributed by atoms with E-state index in [0.29, 0.717) is 0 Å². The molecule has 0 bridgehead atoms. The van der Waals surface area contributed by atoms with E-state index in [0.717, 1.165) is 0 Å². The molecule has 0 saturated heterocycles. The van der Waals surface area contributed by atoms with Gasteiger partial charge in [0.2, 0.25) is 0 Å². The monoisotopic (exact) mass is 242 g/mol. The molecule has 1 nitrogen and oxygen atoms in total. The van der Waals surface area contributed by atoms with E-state index in [4.69, 9.17) is 13.0 Å². The molecule has 2 aromatic carbocycles. The summed E-state index contributed by atoms with van der Waals surface area (Å²) in [6.07, 6.45) is 0. The molecule has 0 heterocycles. The molecular formula is C11H9BrO. The van der Waals surface area contributed by atoms with Crippen molar-refractivity contribution >= 4 is 26.7 Å². The Balaban J connectivity index is 3.18. The van der Waals surface area contributed by atoms with E-state index in [-0.39, 0.29) is 51.2 Å². The molecule has 0 saturated carbocycles. The lowest BCUT2D eigenvalue weighted by atomic mass is 10.1. The van der Waals surface area contributed by atoms with Crippen LogP contribution in [-0.2, 0) is 0 Å². The Morgan fingerprint density at radius 1 is 1.23 bits per heavy atom. The highest BCUT2D eigenvalue weighted by Gasteiger charge is 2.03. The highest BCUT2D eigenvalue weighted by Crippen LogP contribution is 2.32. The van der Waals surface area contributed by atoms with Gasteiger partial charge in [0.05, 0.1) is 19.8 Å². The van der Waals surface area contributed by atoms with Crippen LogP contribution in [0.25, 0.3) is 10.8 Å². The van der Waals surface area contributed by atoms with E-state index in [1.54, 1.807) is 0 Å². The quantitative estimate of drug-likeness (QED) is 0.743. The molecule has 0 aliphatic rings. The second-order valence-corrected chi connectivity index (χ2v) is 3.14. The minimum Gasteiger partial charge on any atom is -0.496 e. The zero-order valence-electron chi connectivity index (χ0n) is 12.8. The van der Waals surface area contributed by atoms with Crippen molar-refractivity contribution in [1.29, 1.82) is 0 Å². The number of fused-ring (bicyclic) bond motifs is 1. The first kappa shape index (κ1) is 4.01. The Hall–Kier alpha value is -1.02. The average Bonchev–Trinajstić information content (AvgIpc) is 2.38. The van der Waals surface area contributed by atoms with Gasteiger partial charge in [0.15, 0.2) is 0 Å². The number of benzene rings is 2. The molecule has 0 N–H and O–H groups in total. The molecule has 0 aliphatic heterocycles. The fraction of sp³-hybridized carbons (Fsp3) is 0.0909. The lowest BCUT2D eigenvalue weighted by molar-refractivity contribution is 0.413. The smallest absolute Gasteiger partial charge is 0.133 e. The van der Waals surface area contributed by atoms with Gasteiger partial charge in [0.25, 0.3) is 0 Å². The Kier molecular flexibility index (Phi) is 1.04. The van der Waals surface area contributed by atoms with Gasteiger partial charge in [-0.1, -0.05) is 30.2 Å². The van der Waals surface area contributed by atoms with Crippen LogP contribution in [0.1, 0.15) is 8.22 Å². The zero-order valence-corrected chi connectivity index (χ0v) is 8.37. The summed E-state index contributed by atoms with van der Waals surface area (Å²) < 4.78 is 52.0. The number of halogens is 1. The SMILES string of the molecule is [2H]c1c([2H])c([2H])c2c(Br)c(OC)c([2H])c([2H])c2c1[2H]. The zero-order chi connectivity index (χ0) is 14.5. The van der Waals surface area contributed by atoms with E-state index < -0.39 is 6.04 Å². The second kappa shape index (κ2) is 3.38. The molecule has 66 valence electrons. The summed E-state index contributed by atoms with van der Waals surface area (Å²) >= 11 is 3.19. The third-order valence-electron chi connectivity index (χ3n) is 1.61. The molecule has 2 aromatic rings. The first-order valence-corrected chi connectivity index (χ1v) is 4.34. The summed E-state index contributed by atoms with van der Waals surface area (Å²) in [7, 11) is 1.34.